The first-order chi connectivity index (χ1) is 13.7. The second kappa shape index (κ2) is 8.56. The second-order valence-corrected chi connectivity index (χ2v) is 7.25. The average Bonchev–Trinajstić information content (AvgIpc) is 2.77. The van der Waals surface area contributed by atoms with Crippen molar-refractivity contribution in [1.29, 1.82) is 0 Å². The normalized spacial score (nSPS) is 19.0. The largest absolute Gasteiger partial charge is 0.493 e. The lowest BCUT2D eigenvalue weighted by Crippen LogP contribution is -2.39. The van der Waals surface area contributed by atoms with Crippen LogP contribution < -0.4 is 14.8 Å². The number of para-hydroxylation sites is 2. The predicted molar refractivity (Wildman–Crippen MR) is 104 cm³/mol. The van der Waals surface area contributed by atoms with Gasteiger partial charge in [-0.3, -0.25) is 4.79 Å². The van der Waals surface area contributed by atoms with Crippen LogP contribution in [0.5, 0.6) is 11.5 Å². The first-order valence-electron chi connectivity index (χ1n) is 9.83. The highest BCUT2D eigenvalue weighted by atomic mass is 16.5. The van der Waals surface area contributed by atoms with E-state index in [2.05, 4.69) is 10.3 Å². The van der Waals surface area contributed by atoms with Crippen LogP contribution >= 0.6 is 0 Å². The number of benzene rings is 1. The highest BCUT2D eigenvalue weighted by Gasteiger charge is 2.25. The summed E-state index contributed by atoms with van der Waals surface area (Å²) in [6.45, 7) is 3.20. The maximum atomic E-state index is 12.6. The molecule has 0 bridgehead atoms. The van der Waals surface area contributed by atoms with Crippen molar-refractivity contribution in [3.63, 3.8) is 0 Å². The lowest BCUT2D eigenvalue weighted by atomic mass is 9.98. The van der Waals surface area contributed by atoms with Gasteiger partial charge in [-0.05, 0) is 31.5 Å². The molecule has 28 heavy (non-hydrogen) atoms. The minimum Gasteiger partial charge on any atom is -0.493 e. The van der Waals surface area contributed by atoms with Crippen LogP contribution in [0.3, 0.4) is 0 Å². The number of ether oxygens (including phenoxy) is 2. The minimum atomic E-state index is -0.0443. The van der Waals surface area contributed by atoms with Gasteiger partial charge in [-0.2, -0.15) is 0 Å². The molecule has 2 aliphatic heterocycles. The third-order valence-corrected chi connectivity index (χ3v) is 5.39. The molecule has 1 saturated heterocycles. The van der Waals surface area contributed by atoms with Gasteiger partial charge in [0.2, 0.25) is 0 Å². The van der Waals surface area contributed by atoms with Gasteiger partial charge in [-0.25, -0.2) is 9.97 Å². The van der Waals surface area contributed by atoms with E-state index in [4.69, 9.17) is 14.5 Å². The third-order valence-electron chi connectivity index (χ3n) is 5.39. The van der Waals surface area contributed by atoms with Gasteiger partial charge in [0.15, 0.2) is 18.1 Å². The Balaban J connectivity index is 1.37. The molecule has 1 N–H and O–H groups in total. The van der Waals surface area contributed by atoms with Gasteiger partial charge in [-0.1, -0.05) is 12.1 Å². The number of fused-ring (bicyclic) bond motifs is 1. The van der Waals surface area contributed by atoms with E-state index < -0.39 is 0 Å². The molecule has 3 heterocycles. The van der Waals surface area contributed by atoms with Gasteiger partial charge in [-0.15, -0.1) is 0 Å². The number of aromatic nitrogens is 2. The number of rotatable bonds is 5. The molecule has 1 atom stereocenters. The first kappa shape index (κ1) is 18.7. The summed E-state index contributed by atoms with van der Waals surface area (Å²) < 4.78 is 10.9. The standard InChI is InChI=1S/C21H26N4O3/c1-27-18-6-2-3-7-19(18)28-14-20(26)25-10-8-17-16(13-25)12-23-21(24-17)15-5-4-9-22-11-15/h2-3,6-7,12,15,22H,4-5,8-11,13-14H2,1H3. The fourth-order valence-corrected chi connectivity index (χ4v) is 3.78. The quantitative estimate of drug-likeness (QED) is 0.851. The van der Waals surface area contributed by atoms with Crippen molar-refractivity contribution in [3.05, 3.63) is 47.5 Å². The number of hydrogen-bond acceptors (Lipinski definition) is 6. The lowest BCUT2D eigenvalue weighted by molar-refractivity contribution is -0.134. The van der Waals surface area contributed by atoms with Gasteiger partial charge < -0.3 is 19.7 Å². The fraction of sp³-hybridized carbons (Fsp3) is 0.476. The molecule has 7 heteroatoms. The average molecular weight is 382 g/mol. The van der Waals surface area contributed by atoms with Crippen LogP contribution in [-0.2, 0) is 17.8 Å². The summed E-state index contributed by atoms with van der Waals surface area (Å²) in [5, 5.41) is 3.42. The Morgan fingerprint density at radius 2 is 2.18 bits per heavy atom. The summed E-state index contributed by atoms with van der Waals surface area (Å²) in [4.78, 5) is 23.8. The number of piperidine rings is 1. The summed E-state index contributed by atoms with van der Waals surface area (Å²) >= 11 is 0. The molecule has 1 fully saturated rings. The van der Waals surface area contributed by atoms with Crippen molar-refractivity contribution >= 4 is 5.91 Å². The second-order valence-electron chi connectivity index (χ2n) is 7.25. The van der Waals surface area contributed by atoms with E-state index in [0.29, 0.717) is 30.5 Å². The molecule has 148 valence electrons. The summed E-state index contributed by atoms with van der Waals surface area (Å²) in [6.07, 6.45) is 4.95. The van der Waals surface area contributed by atoms with Gasteiger partial charge in [0, 0.05) is 43.7 Å². The van der Waals surface area contributed by atoms with Gasteiger partial charge >= 0.3 is 0 Å². The van der Waals surface area contributed by atoms with Crippen molar-refractivity contribution in [2.45, 2.75) is 31.7 Å². The molecule has 1 aromatic carbocycles. The number of carbonyl (C=O) groups is 1. The predicted octanol–water partition coefficient (Wildman–Crippen LogP) is 1.92. The monoisotopic (exact) mass is 382 g/mol. The van der Waals surface area contributed by atoms with Crippen LogP contribution in [0.2, 0.25) is 0 Å². The van der Waals surface area contributed by atoms with Crippen LogP contribution in [0.4, 0.5) is 0 Å². The molecule has 4 rings (SSSR count). The van der Waals surface area contributed by atoms with Crippen molar-refractivity contribution < 1.29 is 14.3 Å². The molecular weight excluding hydrogens is 356 g/mol. The number of methoxy groups -OCH3 is 1. The van der Waals surface area contributed by atoms with E-state index in [0.717, 1.165) is 43.0 Å². The van der Waals surface area contributed by atoms with Crippen molar-refractivity contribution in [2.24, 2.45) is 0 Å². The Kier molecular flexibility index (Phi) is 5.71. The van der Waals surface area contributed by atoms with Crippen LogP contribution in [0.25, 0.3) is 0 Å². The number of carbonyl (C=O) groups excluding carboxylic acids is 1. The zero-order chi connectivity index (χ0) is 19.3. The molecule has 1 aromatic heterocycles. The summed E-state index contributed by atoms with van der Waals surface area (Å²) in [5.41, 5.74) is 2.11. The topological polar surface area (TPSA) is 76.6 Å². The number of hydrogen-bond donors (Lipinski definition) is 1. The zero-order valence-corrected chi connectivity index (χ0v) is 16.2. The Bertz CT molecular complexity index is 836. The van der Waals surface area contributed by atoms with Gasteiger partial charge in [0.05, 0.1) is 12.8 Å². The molecule has 0 saturated carbocycles. The van der Waals surface area contributed by atoms with Crippen LogP contribution in [0.15, 0.2) is 30.5 Å². The van der Waals surface area contributed by atoms with Crippen molar-refractivity contribution in [1.82, 2.24) is 20.2 Å². The van der Waals surface area contributed by atoms with Gasteiger partial charge in [0.1, 0.15) is 5.82 Å². The first-order valence-corrected chi connectivity index (χ1v) is 9.83. The SMILES string of the molecule is COc1ccccc1OCC(=O)N1CCc2nc(C3CCCNC3)ncc2C1. The molecular formula is C21H26N4O3. The van der Waals surface area contributed by atoms with E-state index in [1.807, 2.05) is 29.3 Å². The fourth-order valence-electron chi connectivity index (χ4n) is 3.78. The smallest absolute Gasteiger partial charge is 0.260 e. The van der Waals surface area contributed by atoms with Crippen LogP contribution in [0, 0.1) is 0 Å². The van der Waals surface area contributed by atoms with Crippen LogP contribution in [0.1, 0.15) is 35.8 Å². The molecule has 1 unspecified atom stereocenters. The Morgan fingerprint density at radius 3 is 2.96 bits per heavy atom. The number of nitrogens with one attached hydrogen (secondary N) is 1. The highest BCUT2D eigenvalue weighted by Crippen LogP contribution is 2.26. The maximum absolute atomic E-state index is 12.6. The van der Waals surface area contributed by atoms with E-state index in [1.54, 1.807) is 13.2 Å². The Hall–Kier alpha value is -2.67. The lowest BCUT2D eigenvalue weighted by Gasteiger charge is -2.29. The molecule has 1 amide bonds. The third kappa shape index (κ3) is 4.09. The Morgan fingerprint density at radius 1 is 1.32 bits per heavy atom. The Labute approximate surface area is 165 Å². The summed E-state index contributed by atoms with van der Waals surface area (Å²) in [6, 6.07) is 7.34. The number of amides is 1. The minimum absolute atomic E-state index is 0.0115. The summed E-state index contributed by atoms with van der Waals surface area (Å²) in [7, 11) is 1.59. The molecule has 7 nitrogen and oxygen atoms in total. The van der Waals surface area contributed by atoms with E-state index in [1.165, 1.54) is 6.42 Å². The maximum Gasteiger partial charge on any atom is 0.260 e. The molecule has 0 radical (unpaired) electrons. The van der Waals surface area contributed by atoms with E-state index in [-0.39, 0.29) is 12.5 Å². The molecule has 0 aliphatic carbocycles. The zero-order valence-electron chi connectivity index (χ0n) is 16.2. The molecule has 2 aliphatic rings. The molecule has 0 spiro atoms. The highest BCUT2D eigenvalue weighted by molar-refractivity contribution is 5.78. The van der Waals surface area contributed by atoms with Crippen LogP contribution in [-0.4, -0.2) is 54.1 Å². The number of nitrogens with zero attached hydrogens (tertiary/aromatic N) is 3. The van der Waals surface area contributed by atoms with Crippen molar-refractivity contribution in [3.8, 4) is 11.5 Å². The summed E-state index contributed by atoms with van der Waals surface area (Å²) in [5.74, 6) is 2.48. The van der Waals surface area contributed by atoms with Crippen molar-refractivity contribution in [2.75, 3.05) is 33.4 Å². The van der Waals surface area contributed by atoms with E-state index >= 15 is 0 Å². The van der Waals surface area contributed by atoms with Gasteiger partial charge in [0.25, 0.3) is 5.91 Å². The van der Waals surface area contributed by atoms with E-state index in [9.17, 15) is 4.79 Å². The molecule has 2 aromatic rings.